The van der Waals surface area contributed by atoms with Crippen molar-refractivity contribution in [1.82, 2.24) is 24.7 Å². The lowest BCUT2D eigenvalue weighted by Crippen LogP contribution is -2.43. The molecular weight excluding hydrogens is 276 g/mol. The summed E-state index contributed by atoms with van der Waals surface area (Å²) in [4.78, 5) is 2.55. The molecule has 1 atom stereocenters. The fourth-order valence-corrected chi connectivity index (χ4v) is 3.01. The lowest BCUT2D eigenvalue weighted by molar-refractivity contribution is 0.241. The van der Waals surface area contributed by atoms with Crippen LogP contribution in [-0.2, 0) is 0 Å². The molecule has 120 valence electrons. The van der Waals surface area contributed by atoms with E-state index in [-0.39, 0.29) is 5.41 Å². The van der Waals surface area contributed by atoms with Crippen LogP contribution in [0.3, 0.4) is 0 Å². The standard InChI is InChI=1S/C16H26N6/c1-12-9-13(15-19-17-11-22(15)20-12)18-14(16(2,3)4)10-21-7-5-6-8-21/h9,11,14,18H,5-8,10H2,1-4H3. The molecule has 0 amide bonds. The molecule has 0 radical (unpaired) electrons. The van der Waals surface area contributed by atoms with Crippen LogP contribution in [0.25, 0.3) is 5.65 Å². The van der Waals surface area contributed by atoms with Gasteiger partial charge in [0.25, 0.3) is 0 Å². The smallest absolute Gasteiger partial charge is 0.200 e. The molecule has 2 aromatic heterocycles. The number of aromatic nitrogens is 4. The van der Waals surface area contributed by atoms with E-state index in [1.807, 2.05) is 6.92 Å². The zero-order chi connectivity index (χ0) is 15.7. The van der Waals surface area contributed by atoms with Crippen LogP contribution in [0.5, 0.6) is 0 Å². The predicted octanol–water partition coefficient (Wildman–Crippen LogP) is 2.36. The van der Waals surface area contributed by atoms with Crippen LogP contribution in [-0.4, -0.2) is 50.4 Å². The van der Waals surface area contributed by atoms with Crippen LogP contribution >= 0.6 is 0 Å². The predicted molar refractivity (Wildman–Crippen MR) is 88.1 cm³/mol. The topological polar surface area (TPSA) is 58.3 Å². The molecule has 1 aliphatic heterocycles. The molecule has 6 heteroatoms. The number of likely N-dealkylation sites (tertiary alicyclic amines) is 1. The Hall–Kier alpha value is -1.69. The second-order valence-corrected chi connectivity index (χ2v) is 7.37. The number of hydrogen-bond acceptors (Lipinski definition) is 5. The summed E-state index contributed by atoms with van der Waals surface area (Å²) in [6.45, 7) is 12.3. The molecule has 1 aliphatic rings. The molecule has 1 fully saturated rings. The van der Waals surface area contributed by atoms with Gasteiger partial charge < -0.3 is 10.2 Å². The molecule has 0 aromatic carbocycles. The van der Waals surface area contributed by atoms with E-state index in [2.05, 4.69) is 52.4 Å². The summed E-state index contributed by atoms with van der Waals surface area (Å²) >= 11 is 0. The molecule has 0 bridgehead atoms. The number of nitrogens with one attached hydrogen (secondary N) is 1. The Morgan fingerprint density at radius 2 is 2.00 bits per heavy atom. The molecule has 1 saturated heterocycles. The van der Waals surface area contributed by atoms with Gasteiger partial charge in [-0.3, -0.25) is 0 Å². The van der Waals surface area contributed by atoms with E-state index in [0.717, 1.165) is 23.6 Å². The maximum atomic E-state index is 4.41. The van der Waals surface area contributed by atoms with Gasteiger partial charge in [0.1, 0.15) is 6.33 Å². The Bertz CT molecular complexity index is 636. The molecule has 1 N–H and O–H groups in total. The fourth-order valence-electron chi connectivity index (χ4n) is 3.01. The van der Waals surface area contributed by atoms with E-state index in [9.17, 15) is 0 Å². The van der Waals surface area contributed by atoms with Crippen molar-refractivity contribution in [1.29, 1.82) is 0 Å². The number of rotatable bonds is 4. The molecular formula is C16H26N6. The van der Waals surface area contributed by atoms with Gasteiger partial charge in [0, 0.05) is 12.6 Å². The zero-order valence-electron chi connectivity index (χ0n) is 14.0. The number of nitrogens with zero attached hydrogens (tertiary/aromatic N) is 5. The van der Waals surface area contributed by atoms with E-state index in [1.165, 1.54) is 25.9 Å². The second kappa shape index (κ2) is 5.83. The minimum atomic E-state index is 0.163. The maximum absolute atomic E-state index is 4.41. The molecule has 3 rings (SSSR count). The third-order valence-corrected chi connectivity index (χ3v) is 4.40. The lowest BCUT2D eigenvalue weighted by atomic mass is 9.86. The van der Waals surface area contributed by atoms with Gasteiger partial charge in [0.05, 0.1) is 11.4 Å². The Morgan fingerprint density at radius 3 is 2.68 bits per heavy atom. The van der Waals surface area contributed by atoms with Gasteiger partial charge >= 0.3 is 0 Å². The molecule has 2 aromatic rings. The van der Waals surface area contributed by atoms with Gasteiger partial charge in [-0.05, 0) is 44.3 Å². The van der Waals surface area contributed by atoms with Crippen molar-refractivity contribution in [3.05, 3.63) is 18.1 Å². The van der Waals surface area contributed by atoms with E-state index in [0.29, 0.717) is 6.04 Å². The Kier molecular flexibility index (Phi) is 4.04. The average Bonchev–Trinajstić information content (AvgIpc) is 3.07. The average molecular weight is 302 g/mol. The van der Waals surface area contributed by atoms with Crippen molar-refractivity contribution in [2.45, 2.75) is 46.6 Å². The zero-order valence-corrected chi connectivity index (χ0v) is 14.0. The van der Waals surface area contributed by atoms with Gasteiger partial charge in [-0.1, -0.05) is 20.8 Å². The summed E-state index contributed by atoms with van der Waals surface area (Å²) in [7, 11) is 0. The van der Waals surface area contributed by atoms with E-state index < -0.39 is 0 Å². The highest BCUT2D eigenvalue weighted by atomic mass is 15.3. The molecule has 3 heterocycles. The van der Waals surface area contributed by atoms with E-state index >= 15 is 0 Å². The van der Waals surface area contributed by atoms with Crippen LogP contribution in [0.1, 0.15) is 39.3 Å². The summed E-state index contributed by atoms with van der Waals surface area (Å²) in [6, 6.07) is 2.42. The Morgan fingerprint density at radius 1 is 1.27 bits per heavy atom. The Labute approximate surface area is 131 Å². The molecule has 22 heavy (non-hydrogen) atoms. The second-order valence-electron chi connectivity index (χ2n) is 7.37. The largest absolute Gasteiger partial charge is 0.377 e. The first kappa shape index (κ1) is 15.2. The number of fused-ring (bicyclic) bond motifs is 1. The first-order valence-corrected chi connectivity index (χ1v) is 8.10. The third kappa shape index (κ3) is 3.21. The number of hydrogen-bond donors (Lipinski definition) is 1. The minimum absolute atomic E-state index is 0.163. The van der Waals surface area contributed by atoms with Crippen molar-refractivity contribution in [3.8, 4) is 0 Å². The van der Waals surface area contributed by atoms with Crippen molar-refractivity contribution in [2.75, 3.05) is 25.0 Å². The van der Waals surface area contributed by atoms with Gasteiger partial charge in [0.15, 0.2) is 0 Å². The first-order chi connectivity index (χ1) is 10.4. The highest BCUT2D eigenvalue weighted by molar-refractivity contribution is 5.67. The normalized spacial score (nSPS) is 18.0. The molecule has 0 spiro atoms. The molecule has 0 aliphatic carbocycles. The van der Waals surface area contributed by atoms with E-state index in [4.69, 9.17) is 0 Å². The van der Waals surface area contributed by atoms with Crippen LogP contribution in [0.4, 0.5) is 5.69 Å². The summed E-state index contributed by atoms with van der Waals surface area (Å²) < 4.78 is 1.74. The number of anilines is 1. The van der Waals surface area contributed by atoms with Crippen LogP contribution in [0.2, 0.25) is 0 Å². The number of aryl methyl sites for hydroxylation is 1. The summed E-state index contributed by atoms with van der Waals surface area (Å²) in [5, 5.41) is 16.3. The van der Waals surface area contributed by atoms with Crippen LogP contribution in [0, 0.1) is 12.3 Å². The summed E-state index contributed by atoms with van der Waals surface area (Å²) in [5.41, 5.74) is 2.94. The molecule has 0 saturated carbocycles. The first-order valence-electron chi connectivity index (χ1n) is 8.10. The highest BCUT2D eigenvalue weighted by Gasteiger charge is 2.28. The van der Waals surface area contributed by atoms with Crippen molar-refractivity contribution in [3.63, 3.8) is 0 Å². The lowest BCUT2D eigenvalue weighted by Gasteiger charge is -2.35. The molecule has 1 unspecified atom stereocenters. The maximum Gasteiger partial charge on any atom is 0.200 e. The van der Waals surface area contributed by atoms with Crippen molar-refractivity contribution >= 4 is 11.3 Å². The molecule has 6 nitrogen and oxygen atoms in total. The Balaban J connectivity index is 1.86. The SMILES string of the molecule is Cc1cc(NC(CN2CCCC2)C(C)(C)C)c2nncn2n1. The van der Waals surface area contributed by atoms with Crippen LogP contribution < -0.4 is 5.32 Å². The summed E-state index contributed by atoms with van der Waals surface area (Å²) in [5.74, 6) is 0. The van der Waals surface area contributed by atoms with Crippen molar-refractivity contribution in [2.24, 2.45) is 5.41 Å². The van der Waals surface area contributed by atoms with E-state index in [1.54, 1.807) is 10.8 Å². The third-order valence-electron chi connectivity index (χ3n) is 4.40. The van der Waals surface area contributed by atoms with Gasteiger partial charge in [-0.25, -0.2) is 0 Å². The monoisotopic (exact) mass is 302 g/mol. The summed E-state index contributed by atoms with van der Waals surface area (Å²) in [6.07, 6.45) is 4.29. The van der Waals surface area contributed by atoms with Crippen molar-refractivity contribution < 1.29 is 0 Å². The minimum Gasteiger partial charge on any atom is -0.377 e. The van der Waals surface area contributed by atoms with Crippen LogP contribution in [0.15, 0.2) is 12.4 Å². The van der Waals surface area contributed by atoms with Gasteiger partial charge in [0.2, 0.25) is 5.65 Å². The van der Waals surface area contributed by atoms with Gasteiger partial charge in [-0.15, -0.1) is 10.2 Å². The fraction of sp³-hybridized carbons (Fsp3) is 0.688. The highest BCUT2D eigenvalue weighted by Crippen LogP contribution is 2.26. The van der Waals surface area contributed by atoms with Gasteiger partial charge in [-0.2, -0.15) is 9.61 Å². The quantitative estimate of drug-likeness (QED) is 0.939.